The fourth-order valence-corrected chi connectivity index (χ4v) is 2.87. The minimum Gasteiger partial charge on any atom is -0.376 e. The molecule has 0 spiro atoms. The summed E-state index contributed by atoms with van der Waals surface area (Å²) in [7, 11) is 4.11. The lowest BCUT2D eigenvalue weighted by Crippen LogP contribution is -2.45. The maximum Gasteiger partial charge on any atom is 0.242 e. The van der Waals surface area contributed by atoms with Gasteiger partial charge in [-0.1, -0.05) is 31.0 Å². The predicted octanol–water partition coefficient (Wildman–Crippen LogP) is 2.85. The fraction of sp³-hybridized carbons (Fsp3) is 0.588. The van der Waals surface area contributed by atoms with Gasteiger partial charge in [-0.3, -0.25) is 4.79 Å². The highest BCUT2D eigenvalue weighted by molar-refractivity contribution is 5.85. The Morgan fingerprint density at radius 2 is 1.77 bits per heavy atom. The van der Waals surface area contributed by atoms with Gasteiger partial charge >= 0.3 is 0 Å². The Labute approximate surface area is 140 Å². The maximum absolute atomic E-state index is 12.6. The van der Waals surface area contributed by atoms with Crippen molar-refractivity contribution in [3.63, 3.8) is 0 Å². The fourth-order valence-electron chi connectivity index (χ4n) is 2.87. The Hall–Kier alpha value is -1.26. The van der Waals surface area contributed by atoms with E-state index in [2.05, 4.69) is 29.2 Å². The highest BCUT2D eigenvalue weighted by Crippen LogP contribution is 2.23. The van der Waals surface area contributed by atoms with E-state index in [0.717, 1.165) is 31.6 Å². The lowest BCUT2D eigenvalue weighted by molar-refractivity contribution is -0.131. The van der Waals surface area contributed by atoms with Crippen LogP contribution < -0.4 is 5.32 Å². The van der Waals surface area contributed by atoms with E-state index < -0.39 is 0 Å². The summed E-state index contributed by atoms with van der Waals surface area (Å²) in [5.41, 5.74) is 1.00. The molecule has 1 N–H and O–H groups in total. The summed E-state index contributed by atoms with van der Waals surface area (Å²) in [6.45, 7) is 2.13. The zero-order valence-corrected chi connectivity index (χ0v) is 14.4. The zero-order chi connectivity index (χ0) is 15.1. The van der Waals surface area contributed by atoms with Crippen LogP contribution in [0.15, 0.2) is 30.3 Å². The van der Waals surface area contributed by atoms with E-state index in [1.807, 2.05) is 30.3 Å². The monoisotopic (exact) mass is 325 g/mol. The van der Waals surface area contributed by atoms with Crippen LogP contribution in [-0.4, -0.2) is 55.5 Å². The number of hydrogen-bond donors (Lipinski definition) is 1. The molecule has 1 aromatic rings. The minimum atomic E-state index is 0. The first-order valence-electron chi connectivity index (χ1n) is 7.90. The number of para-hydroxylation sites is 1. The Kier molecular flexibility index (Phi) is 8.28. The van der Waals surface area contributed by atoms with E-state index in [1.54, 1.807) is 0 Å². The second kappa shape index (κ2) is 9.70. The van der Waals surface area contributed by atoms with E-state index in [0.29, 0.717) is 12.6 Å². The zero-order valence-electron chi connectivity index (χ0n) is 13.6. The molecule has 1 aromatic carbocycles. The number of nitrogens with one attached hydrogen (secondary N) is 1. The molecule has 0 bridgehead atoms. The third-order valence-electron chi connectivity index (χ3n) is 4.09. The van der Waals surface area contributed by atoms with Gasteiger partial charge in [0.1, 0.15) is 0 Å². The molecule has 0 radical (unpaired) electrons. The second-order valence-corrected chi connectivity index (χ2v) is 6.05. The van der Waals surface area contributed by atoms with Crippen LogP contribution >= 0.6 is 12.4 Å². The van der Waals surface area contributed by atoms with Gasteiger partial charge in [0.25, 0.3) is 0 Å². The Morgan fingerprint density at radius 1 is 1.14 bits per heavy atom. The number of likely N-dealkylation sites (N-methyl/N-ethyl adjacent to an activating group) is 1. The van der Waals surface area contributed by atoms with Gasteiger partial charge in [-0.25, -0.2) is 0 Å². The number of benzene rings is 1. The molecule has 0 saturated heterocycles. The highest BCUT2D eigenvalue weighted by atomic mass is 35.5. The van der Waals surface area contributed by atoms with Gasteiger partial charge in [0.15, 0.2) is 0 Å². The first kappa shape index (κ1) is 18.8. The van der Waals surface area contributed by atoms with E-state index in [4.69, 9.17) is 0 Å². The Balaban J connectivity index is 0.00000242. The summed E-state index contributed by atoms with van der Waals surface area (Å²) in [4.78, 5) is 16.8. The molecule has 4 nitrogen and oxygen atoms in total. The molecule has 22 heavy (non-hydrogen) atoms. The van der Waals surface area contributed by atoms with Crippen LogP contribution in [0, 0.1) is 0 Å². The van der Waals surface area contributed by atoms with Crippen molar-refractivity contribution in [3.8, 4) is 0 Å². The van der Waals surface area contributed by atoms with Gasteiger partial charge in [0, 0.05) is 24.8 Å². The number of halogens is 1. The first-order valence-corrected chi connectivity index (χ1v) is 7.90. The molecule has 0 heterocycles. The number of anilines is 1. The van der Waals surface area contributed by atoms with Gasteiger partial charge in [-0.05, 0) is 39.1 Å². The van der Waals surface area contributed by atoms with Crippen LogP contribution in [0.2, 0.25) is 0 Å². The molecule has 1 amide bonds. The third kappa shape index (κ3) is 5.85. The molecule has 0 atom stereocenters. The molecule has 1 fully saturated rings. The van der Waals surface area contributed by atoms with Crippen molar-refractivity contribution in [1.82, 2.24) is 9.80 Å². The Bertz CT molecular complexity index is 433. The number of rotatable bonds is 7. The van der Waals surface area contributed by atoms with E-state index >= 15 is 0 Å². The topological polar surface area (TPSA) is 35.6 Å². The molecule has 1 aliphatic carbocycles. The standard InChI is InChI=1S/C17H27N3O.ClH/c1-19(2)12-13-20(16-10-6-7-11-16)17(21)14-18-15-8-4-3-5-9-15;/h3-5,8-9,16,18H,6-7,10-14H2,1-2H3;1H. The number of nitrogens with zero attached hydrogens (tertiary/aromatic N) is 2. The van der Waals surface area contributed by atoms with Crippen LogP contribution in [0.3, 0.4) is 0 Å². The number of hydrogen-bond acceptors (Lipinski definition) is 3. The molecular formula is C17H28ClN3O. The third-order valence-corrected chi connectivity index (χ3v) is 4.09. The summed E-state index contributed by atoms with van der Waals surface area (Å²) in [5, 5.41) is 3.23. The maximum atomic E-state index is 12.6. The quantitative estimate of drug-likeness (QED) is 0.837. The van der Waals surface area contributed by atoms with Gasteiger partial charge in [0.05, 0.1) is 6.54 Å². The Morgan fingerprint density at radius 3 is 2.36 bits per heavy atom. The van der Waals surface area contributed by atoms with Crippen molar-refractivity contribution < 1.29 is 4.79 Å². The van der Waals surface area contributed by atoms with Crippen molar-refractivity contribution >= 4 is 24.0 Å². The van der Waals surface area contributed by atoms with Crippen molar-refractivity contribution in [1.29, 1.82) is 0 Å². The average molecular weight is 326 g/mol. The molecule has 0 unspecified atom stereocenters. The second-order valence-electron chi connectivity index (χ2n) is 6.05. The SMILES string of the molecule is CN(C)CCN(C(=O)CNc1ccccc1)C1CCCC1.Cl. The largest absolute Gasteiger partial charge is 0.376 e. The smallest absolute Gasteiger partial charge is 0.242 e. The summed E-state index contributed by atoms with van der Waals surface area (Å²) in [6.07, 6.45) is 4.82. The summed E-state index contributed by atoms with van der Waals surface area (Å²) in [6, 6.07) is 10.4. The predicted molar refractivity (Wildman–Crippen MR) is 94.7 cm³/mol. The van der Waals surface area contributed by atoms with Gasteiger partial charge in [-0.15, -0.1) is 12.4 Å². The van der Waals surface area contributed by atoms with Gasteiger partial charge < -0.3 is 15.1 Å². The van der Waals surface area contributed by atoms with Crippen molar-refractivity contribution in [2.75, 3.05) is 39.0 Å². The van der Waals surface area contributed by atoms with Gasteiger partial charge in [-0.2, -0.15) is 0 Å². The molecule has 1 saturated carbocycles. The van der Waals surface area contributed by atoms with Crippen molar-refractivity contribution in [2.45, 2.75) is 31.7 Å². The molecule has 5 heteroatoms. The number of amides is 1. The molecule has 124 valence electrons. The van der Waals surface area contributed by atoms with E-state index in [-0.39, 0.29) is 18.3 Å². The molecular weight excluding hydrogens is 298 g/mol. The first-order chi connectivity index (χ1) is 10.2. The van der Waals surface area contributed by atoms with Crippen LogP contribution in [0.25, 0.3) is 0 Å². The van der Waals surface area contributed by atoms with Crippen LogP contribution in [0.1, 0.15) is 25.7 Å². The minimum absolute atomic E-state index is 0. The van der Waals surface area contributed by atoms with Crippen molar-refractivity contribution in [3.05, 3.63) is 30.3 Å². The molecule has 0 aromatic heterocycles. The lowest BCUT2D eigenvalue weighted by atomic mass is 10.2. The molecule has 1 aliphatic rings. The average Bonchev–Trinajstić information content (AvgIpc) is 3.00. The van der Waals surface area contributed by atoms with E-state index in [9.17, 15) is 4.79 Å². The number of carbonyl (C=O) groups excluding carboxylic acids is 1. The lowest BCUT2D eigenvalue weighted by Gasteiger charge is -2.30. The number of carbonyl (C=O) groups is 1. The normalized spacial score (nSPS) is 14.7. The summed E-state index contributed by atoms with van der Waals surface area (Å²) >= 11 is 0. The van der Waals surface area contributed by atoms with E-state index in [1.165, 1.54) is 12.8 Å². The van der Waals surface area contributed by atoms with Gasteiger partial charge in [0.2, 0.25) is 5.91 Å². The highest BCUT2D eigenvalue weighted by Gasteiger charge is 2.26. The van der Waals surface area contributed by atoms with Crippen LogP contribution in [0.5, 0.6) is 0 Å². The molecule has 0 aliphatic heterocycles. The molecule has 2 rings (SSSR count). The summed E-state index contributed by atoms with van der Waals surface area (Å²) < 4.78 is 0. The van der Waals surface area contributed by atoms with Crippen LogP contribution in [-0.2, 0) is 4.79 Å². The van der Waals surface area contributed by atoms with Crippen LogP contribution in [0.4, 0.5) is 5.69 Å². The van der Waals surface area contributed by atoms with Crippen molar-refractivity contribution in [2.24, 2.45) is 0 Å². The summed E-state index contributed by atoms with van der Waals surface area (Å²) in [5.74, 6) is 0.215.